The maximum absolute atomic E-state index is 13.0. The first-order valence-electron chi connectivity index (χ1n) is 11.1. The van der Waals surface area contributed by atoms with Gasteiger partial charge in [-0.2, -0.15) is 0 Å². The quantitative estimate of drug-likeness (QED) is 0.352. The number of hydrogen-bond acceptors (Lipinski definition) is 4. The van der Waals surface area contributed by atoms with Gasteiger partial charge in [-0.15, -0.1) is 0 Å². The summed E-state index contributed by atoms with van der Waals surface area (Å²) >= 11 is 6.05. The van der Waals surface area contributed by atoms with Gasteiger partial charge in [0.05, 0.1) is 17.3 Å². The largest absolute Gasteiger partial charge is 0.397 e. The van der Waals surface area contributed by atoms with E-state index in [2.05, 4.69) is 15.5 Å². The summed E-state index contributed by atoms with van der Waals surface area (Å²) < 4.78 is 0. The topological polar surface area (TPSA) is 87.5 Å². The van der Waals surface area contributed by atoms with Gasteiger partial charge in [-0.1, -0.05) is 54.1 Å². The van der Waals surface area contributed by atoms with Crippen molar-refractivity contribution in [3.8, 4) is 0 Å². The summed E-state index contributed by atoms with van der Waals surface area (Å²) in [5, 5.41) is 6.36. The molecule has 1 aliphatic heterocycles. The summed E-state index contributed by atoms with van der Waals surface area (Å²) in [5.74, 6) is -0.367. The number of nitrogens with one attached hydrogen (secondary N) is 2. The Morgan fingerprint density at radius 1 is 1.00 bits per heavy atom. The zero-order chi connectivity index (χ0) is 24.1. The predicted octanol–water partition coefficient (Wildman–Crippen LogP) is 4.86. The van der Waals surface area contributed by atoms with Gasteiger partial charge in [-0.25, -0.2) is 0 Å². The highest BCUT2D eigenvalue weighted by molar-refractivity contribution is 6.30. The fourth-order valence-corrected chi connectivity index (χ4v) is 4.41. The first kappa shape index (κ1) is 23.5. The van der Waals surface area contributed by atoms with Crippen molar-refractivity contribution in [3.63, 3.8) is 0 Å². The van der Waals surface area contributed by atoms with Crippen molar-refractivity contribution in [2.75, 3.05) is 36.5 Å². The lowest BCUT2D eigenvalue weighted by Gasteiger charge is -2.19. The van der Waals surface area contributed by atoms with Crippen molar-refractivity contribution in [2.24, 2.45) is 5.92 Å². The van der Waals surface area contributed by atoms with E-state index in [1.807, 2.05) is 55.6 Å². The molecule has 0 aliphatic carbocycles. The smallest absolute Gasteiger partial charge is 0.248 e. The van der Waals surface area contributed by atoms with Crippen LogP contribution in [0.1, 0.15) is 17.0 Å². The number of halogens is 1. The van der Waals surface area contributed by atoms with E-state index in [0.29, 0.717) is 28.6 Å². The van der Waals surface area contributed by atoms with Crippen LogP contribution < -0.4 is 16.4 Å². The number of para-hydroxylation sites is 2. The minimum absolute atomic E-state index is 0.0163. The number of benzene rings is 3. The van der Waals surface area contributed by atoms with Crippen molar-refractivity contribution in [3.05, 3.63) is 95.0 Å². The molecule has 3 aromatic carbocycles. The normalized spacial score (nSPS) is 18.2. The number of nitrogens with two attached hydrogens (primary N) is 1. The number of rotatable bonds is 6. The average Bonchev–Trinajstić information content (AvgIpc) is 3.21. The van der Waals surface area contributed by atoms with E-state index in [4.69, 9.17) is 17.3 Å². The van der Waals surface area contributed by atoms with E-state index in [0.717, 1.165) is 17.7 Å². The van der Waals surface area contributed by atoms with Crippen LogP contribution in [0.5, 0.6) is 0 Å². The van der Waals surface area contributed by atoms with Crippen molar-refractivity contribution < 1.29 is 9.59 Å². The number of likely N-dealkylation sites (tertiary alicyclic amines) is 1. The van der Waals surface area contributed by atoms with Gasteiger partial charge in [0.1, 0.15) is 0 Å². The Labute approximate surface area is 204 Å². The number of nitrogen functional groups attached to an aromatic ring is 1. The van der Waals surface area contributed by atoms with Crippen molar-refractivity contribution in [1.82, 2.24) is 4.90 Å². The molecule has 4 N–H and O–H groups in total. The maximum Gasteiger partial charge on any atom is 0.248 e. The van der Waals surface area contributed by atoms with Crippen LogP contribution in [0.4, 0.5) is 17.1 Å². The van der Waals surface area contributed by atoms with Crippen LogP contribution in [0.2, 0.25) is 5.02 Å². The van der Waals surface area contributed by atoms with Gasteiger partial charge in [-0.05, 0) is 54.6 Å². The third-order valence-electron chi connectivity index (χ3n) is 5.94. The predicted molar refractivity (Wildman–Crippen MR) is 139 cm³/mol. The number of hydrogen-bond donors (Lipinski definition) is 3. The molecule has 0 spiro atoms. The average molecular weight is 475 g/mol. The van der Waals surface area contributed by atoms with Crippen LogP contribution in [0.3, 0.4) is 0 Å². The zero-order valence-corrected chi connectivity index (χ0v) is 19.6. The van der Waals surface area contributed by atoms with Gasteiger partial charge < -0.3 is 21.3 Å². The second-order valence-corrected chi connectivity index (χ2v) is 8.95. The Morgan fingerprint density at radius 3 is 2.50 bits per heavy atom. The minimum atomic E-state index is -0.253. The highest BCUT2D eigenvalue weighted by atomic mass is 35.5. The molecule has 0 saturated carbocycles. The van der Waals surface area contributed by atoms with Crippen LogP contribution in [0.25, 0.3) is 6.08 Å². The second-order valence-electron chi connectivity index (χ2n) is 8.51. The Hall–Kier alpha value is -3.61. The molecule has 34 heavy (non-hydrogen) atoms. The second kappa shape index (κ2) is 10.5. The Balaban J connectivity index is 1.41. The molecule has 2 unspecified atom stereocenters. The summed E-state index contributed by atoms with van der Waals surface area (Å²) in [5.41, 5.74) is 9.65. The fourth-order valence-electron chi connectivity index (χ4n) is 4.22. The molecular weight excluding hydrogens is 448 g/mol. The Kier molecular flexibility index (Phi) is 7.30. The van der Waals surface area contributed by atoms with Gasteiger partial charge in [0, 0.05) is 35.8 Å². The van der Waals surface area contributed by atoms with Gasteiger partial charge in [-0.3, -0.25) is 9.59 Å². The number of nitrogens with zero attached hydrogens (tertiary/aromatic N) is 1. The molecule has 0 bridgehead atoms. The highest BCUT2D eigenvalue weighted by Gasteiger charge is 2.37. The zero-order valence-electron chi connectivity index (χ0n) is 18.9. The molecular formula is C27H27ClN4O2. The minimum Gasteiger partial charge on any atom is -0.397 e. The van der Waals surface area contributed by atoms with Gasteiger partial charge >= 0.3 is 0 Å². The van der Waals surface area contributed by atoms with Crippen molar-refractivity contribution in [1.29, 1.82) is 0 Å². The van der Waals surface area contributed by atoms with Gasteiger partial charge in [0.15, 0.2) is 0 Å². The van der Waals surface area contributed by atoms with E-state index in [-0.39, 0.29) is 23.7 Å². The van der Waals surface area contributed by atoms with Crippen LogP contribution >= 0.6 is 11.6 Å². The third kappa shape index (κ3) is 5.84. The van der Waals surface area contributed by atoms with E-state index in [1.165, 1.54) is 6.08 Å². The molecule has 1 heterocycles. The molecule has 1 aliphatic rings. The first-order chi connectivity index (χ1) is 16.4. The van der Waals surface area contributed by atoms with E-state index < -0.39 is 0 Å². The summed E-state index contributed by atoms with van der Waals surface area (Å²) in [6.07, 6.45) is 3.23. The number of anilines is 3. The third-order valence-corrected chi connectivity index (χ3v) is 6.18. The van der Waals surface area contributed by atoms with E-state index in [9.17, 15) is 9.59 Å². The first-order valence-corrected chi connectivity index (χ1v) is 11.5. The SMILES string of the molecule is CN1CC(C(=O)Nc2cccc(Cl)c2)C(c2ccc(C=CC(=O)Nc3ccccc3N)cc2)C1. The Morgan fingerprint density at radius 2 is 1.76 bits per heavy atom. The lowest BCUT2D eigenvalue weighted by Crippen LogP contribution is -2.28. The molecule has 2 amide bonds. The molecule has 174 valence electrons. The Bertz CT molecular complexity index is 1210. The molecule has 0 radical (unpaired) electrons. The molecule has 7 heteroatoms. The molecule has 4 rings (SSSR count). The van der Waals surface area contributed by atoms with E-state index >= 15 is 0 Å². The summed E-state index contributed by atoms with van der Waals surface area (Å²) in [7, 11) is 2.02. The summed E-state index contributed by atoms with van der Waals surface area (Å²) in [6.45, 7) is 1.48. The van der Waals surface area contributed by atoms with Crippen molar-refractivity contribution in [2.45, 2.75) is 5.92 Å². The number of carbonyl (C=O) groups is 2. The molecule has 0 aromatic heterocycles. The van der Waals surface area contributed by atoms with Crippen LogP contribution in [-0.4, -0.2) is 36.9 Å². The standard InChI is InChI=1S/C27H27ClN4O2/c1-32-16-22(23(17-32)27(34)30-21-6-4-5-20(28)15-21)19-12-9-18(10-13-19)11-14-26(33)31-25-8-3-2-7-24(25)29/h2-15,22-23H,16-17,29H2,1H3,(H,30,34)(H,31,33). The summed E-state index contributed by atoms with van der Waals surface area (Å²) in [6, 6.07) is 22.3. The van der Waals surface area contributed by atoms with E-state index in [1.54, 1.807) is 30.3 Å². The maximum atomic E-state index is 13.0. The molecule has 2 atom stereocenters. The number of amides is 2. The van der Waals surface area contributed by atoms with Crippen molar-refractivity contribution >= 4 is 46.6 Å². The van der Waals surface area contributed by atoms with Crippen LogP contribution in [0, 0.1) is 5.92 Å². The number of likely N-dealkylation sites (N-methyl/N-ethyl adjacent to an activating group) is 1. The lowest BCUT2D eigenvalue weighted by molar-refractivity contribution is -0.119. The van der Waals surface area contributed by atoms with Gasteiger partial charge in [0.2, 0.25) is 11.8 Å². The summed E-state index contributed by atoms with van der Waals surface area (Å²) in [4.78, 5) is 27.4. The van der Waals surface area contributed by atoms with Gasteiger partial charge in [0.25, 0.3) is 0 Å². The highest BCUT2D eigenvalue weighted by Crippen LogP contribution is 2.33. The van der Waals surface area contributed by atoms with Crippen LogP contribution in [-0.2, 0) is 9.59 Å². The number of carbonyl (C=O) groups excluding carboxylic acids is 2. The fraction of sp³-hybridized carbons (Fsp3) is 0.185. The molecule has 1 saturated heterocycles. The van der Waals surface area contributed by atoms with Crippen LogP contribution in [0.15, 0.2) is 78.9 Å². The molecule has 3 aromatic rings. The molecule has 6 nitrogen and oxygen atoms in total. The lowest BCUT2D eigenvalue weighted by atomic mass is 9.88. The monoisotopic (exact) mass is 474 g/mol. The molecule has 1 fully saturated rings.